The number of rotatable bonds is 53. The summed E-state index contributed by atoms with van der Waals surface area (Å²) in [6.45, 7) is 4.09. The van der Waals surface area contributed by atoms with Crippen LogP contribution in [0.15, 0.2) is 97.2 Å². The van der Waals surface area contributed by atoms with Gasteiger partial charge in [0.2, 0.25) is 0 Å². The molecular weight excluding hydrogens is 930 g/mol. The van der Waals surface area contributed by atoms with E-state index in [9.17, 15) is 19.0 Å². The number of likely N-dealkylation sites (N-methyl/N-ethyl adjacent to an activating group) is 1. The van der Waals surface area contributed by atoms with Crippen LogP contribution in [-0.4, -0.2) is 70.0 Å². The molecule has 0 heterocycles. The van der Waals surface area contributed by atoms with E-state index >= 15 is 0 Å². The highest BCUT2D eigenvalue weighted by Crippen LogP contribution is 2.38. The van der Waals surface area contributed by atoms with Gasteiger partial charge in [-0.3, -0.25) is 14.2 Å². The number of phosphoric ester groups is 1. The Balaban J connectivity index is 4.11. The third kappa shape index (κ3) is 58.1. The van der Waals surface area contributed by atoms with Crippen molar-refractivity contribution in [2.75, 3.05) is 47.5 Å². The monoisotopic (exact) mass is 1040 g/mol. The number of carbonyl (C=O) groups is 2. The normalized spacial score (nSPS) is 14.0. The van der Waals surface area contributed by atoms with E-state index in [0.29, 0.717) is 23.9 Å². The molecule has 0 saturated heterocycles. The van der Waals surface area contributed by atoms with Gasteiger partial charge < -0.3 is 27.9 Å². The minimum Gasteiger partial charge on any atom is -0.756 e. The molecule has 0 aromatic carbocycles. The quantitative estimate of drug-likeness (QED) is 0.0195. The zero-order valence-electron chi connectivity index (χ0n) is 47.6. The molecule has 73 heavy (non-hydrogen) atoms. The Labute approximate surface area is 449 Å². The second-order valence-corrected chi connectivity index (χ2v) is 22.0. The lowest BCUT2D eigenvalue weighted by Gasteiger charge is -2.28. The van der Waals surface area contributed by atoms with Gasteiger partial charge >= 0.3 is 11.9 Å². The summed E-state index contributed by atoms with van der Waals surface area (Å²) in [6.07, 6.45) is 73.1. The molecule has 2 atom stereocenters. The van der Waals surface area contributed by atoms with Crippen molar-refractivity contribution in [1.82, 2.24) is 0 Å². The number of esters is 2. The fourth-order valence-corrected chi connectivity index (χ4v) is 8.54. The van der Waals surface area contributed by atoms with E-state index in [2.05, 4.69) is 111 Å². The van der Waals surface area contributed by atoms with Gasteiger partial charge in [-0.05, 0) is 96.3 Å². The first-order chi connectivity index (χ1) is 35.5. The SMILES string of the molecule is CC/C=C\C/C=C\C/C=C\C/C=C\C/C=C\C/C=C\CCCCCCCCCCCCCCCCC(=O)OC(COC(=O)CCCCCCC/C=C\C/C=C\CCCCCC)COP(=O)([O-])OCC[N+](C)(C)C. The van der Waals surface area contributed by atoms with Crippen LogP contribution in [0.25, 0.3) is 0 Å². The van der Waals surface area contributed by atoms with Crippen molar-refractivity contribution in [2.45, 2.75) is 245 Å². The molecular formula is C63H110NO8P. The van der Waals surface area contributed by atoms with E-state index in [4.69, 9.17) is 18.5 Å². The first-order valence-electron chi connectivity index (χ1n) is 29.4. The lowest BCUT2D eigenvalue weighted by molar-refractivity contribution is -0.870. The van der Waals surface area contributed by atoms with Crippen LogP contribution in [0, 0.1) is 0 Å². The zero-order valence-corrected chi connectivity index (χ0v) is 48.4. The molecule has 9 nitrogen and oxygen atoms in total. The Kier molecular flexibility index (Phi) is 51.5. The first-order valence-corrected chi connectivity index (χ1v) is 30.9. The third-order valence-electron chi connectivity index (χ3n) is 12.3. The molecule has 0 radical (unpaired) electrons. The van der Waals surface area contributed by atoms with Gasteiger partial charge in [-0.2, -0.15) is 0 Å². The molecule has 0 aromatic rings. The average Bonchev–Trinajstić information content (AvgIpc) is 3.35. The minimum absolute atomic E-state index is 0.0366. The Bertz CT molecular complexity index is 1550. The Morgan fingerprint density at radius 2 is 0.781 bits per heavy atom. The fraction of sp³-hybridized carbons (Fsp3) is 0.714. The van der Waals surface area contributed by atoms with Crippen LogP contribution in [0.4, 0.5) is 0 Å². The highest BCUT2D eigenvalue weighted by molar-refractivity contribution is 7.45. The number of nitrogens with zero attached hydrogens (tertiary/aromatic N) is 1. The minimum atomic E-state index is -4.64. The van der Waals surface area contributed by atoms with Crippen LogP contribution in [-0.2, 0) is 32.7 Å². The number of allylic oxidation sites excluding steroid dienone is 16. The number of unbranched alkanes of at least 4 members (excludes halogenated alkanes) is 23. The summed E-state index contributed by atoms with van der Waals surface area (Å²) >= 11 is 0. The van der Waals surface area contributed by atoms with Crippen LogP contribution >= 0.6 is 7.82 Å². The van der Waals surface area contributed by atoms with Gasteiger partial charge in [0.1, 0.15) is 19.8 Å². The van der Waals surface area contributed by atoms with Crippen LogP contribution in [0.2, 0.25) is 0 Å². The number of phosphoric acid groups is 1. The molecule has 0 bridgehead atoms. The maximum Gasteiger partial charge on any atom is 0.306 e. The first kappa shape index (κ1) is 69.9. The molecule has 0 saturated carbocycles. The van der Waals surface area contributed by atoms with Gasteiger partial charge in [0, 0.05) is 12.8 Å². The van der Waals surface area contributed by atoms with Gasteiger partial charge in [0.05, 0.1) is 27.7 Å². The van der Waals surface area contributed by atoms with E-state index in [0.717, 1.165) is 96.3 Å². The predicted octanol–water partition coefficient (Wildman–Crippen LogP) is 17.8. The van der Waals surface area contributed by atoms with Crippen molar-refractivity contribution >= 4 is 19.8 Å². The summed E-state index contributed by atoms with van der Waals surface area (Å²) in [5, 5.41) is 0. The third-order valence-corrected chi connectivity index (χ3v) is 13.3. The van der Waals surface area contributed by atoms with Crippen molar-refractivity contribution in [3.8, 4) is 0 Å². The van der Waals surface area contributed by atoms with E-state index in [1.807, 2.05) is 21.1 Å². The summed E-state index contributed by atoms with van der Waals surface area (Å²) in [5.41, 5.74) is 0. The van der Waals surface area contributed by atoms with Crippen molar-refractivity contribution < 1.29 is 42.1 Å². The zero-order chi connectivity index (χ0) is 53.5. The molecule has 0 aliphatic carbocycles. The van der Waals surface area contributed by atoms with E-state index in [1.54, 1.807) is 0 Å². The lowest BCUT2D eigenvalue weighted by Crippen LogP contribution is -2.37. The van der Waals surface area contributed by atoms with Crippen LogP contribution in [0.5, 0.6) is 0 Å². The molecule has 0 aromatic heterocycles. The number of ether oxygens (including phenoxy) is 2. The van der Waals surface area contributed by atoms with Gasteiger partial charge in [-0.1, -0.05) is 227 Å². The molecule has 0 aliphatic rings. The van der Waals surface area contributed by atoms with Gasteiger partial charge in [-0.25, -0.2) is 0 Å². The molecule has 10 heteroatoms. The predicted molar refractivity (Wildman–Crippen MR) is 309 cm³/mol. The lowest BCUT2D eigenvalue weighted by atomic mass is 10.0. The molecule has 0 N–H and O–H groups in total. The van der Waals surface area contributed by atoms with Crippen molar-refractivity contribution in [2.24, 2.45) is 0 Å². The van der Waals surface area contributed by atoms with Crippen molar-refractivity contribution in [3.63, 3.8) is 0 Å². The fourth-order valence-electron chi connectivity index (χ4n) is 7.81. The number of hydrogen-bond acceptors (Lipinski definition) is 8. The number of quaternary nitrogens is 1. The van der Waals surface area contributed by atoms with E-state index in [1.165, 1.54) is 103 Å². The van der Waals surface area contributed by atoms with E-state index < -0.39 is 32.5 Å². The second kappa shape index (κ2) is 53.7. The molecule has 0 spiro atoms. The number of hydrogen-bond donors (Lipinski definition) is 0. The van der Waals surface area contributed by atoms with Gasteiger partial charge in [0.25, 0.3) is 7.82 Å². The Morgan fingerprint density at radius 3 is 1.16 bits per heavy atom. The molecule has 0 rings (SSSR count). The molecule has 2 unspecified atom stereocenters. The van der Waals surface area contributed by atoms with Gasteiger partial charge in [-0.15, -0.1) is 0 Å². The maximum atomic E-state index is 12.8. The molecule has 0 amide bonds. The maximum absolute atomic E-state index is 12.8. The summed E-state index contributed by atoms with van der Waals surface area (Å²) in [6, 6.07) is 0. The smallest absolute Gasteiger partial charge is 0.306 e. The highest BCUT2D eigenvalue weighted by Gasteiger charge is 2.21. The van der Waals surface area contributed by atoms with Crippen molar-refractivity contribution in [1.29, 1.82) is 0 Å². The topological polar surface area (TPSA) is 111 Å². The summed E-state index contributed by atoms with van der Waals surface area (Å²) in [7, 11) is 1.15. The summed E-state index contributed by atoms with van der Waals surface area (Å²) in [4.78, 5) is 37.8. The number of carbonyl (C=O) groups excluding carboxylic acids is 2. The van der Waals surface area contributed by atoms with Crippen LogP contribution < -0.4 is 4.89 Å². The standard InChI is InChI=1S/C63H110NO8P/c1-6-8-10-12-14-16-18-20-22-24-25-26-27-28-29-30-31-32-33-34-35-36-37-38-39-40-42-44-46-48-50-52-54-56-63(66)72-61(60-71-73(67,68)70-58-57-64(3,4)5)59-69-62(65)55-53-51-49-47-45-43-41-23-21-19-17-15-13-11-9-7-2/h8,10,14,16-17,19-20,22-23,25-26,28-29,31-32,41,61H,6-7,9,11-13,15,18,21,24,27,30,33-40,42-60H2,1-5H3/b10-8-,16-14-,19-17-,22-20-,26-25-,29-28-,32-31-,41-23-. The molecule has 420 valence electrons. The second-order valence-electron chi connectivity index (χ2n) is 20.6. The largest absolute Gasteiger partial charge is 0.756 e. The van der Waals surface area contributed by atoms with Gasteiger partial charge in [0.15, 0.2) is 6.10 Å². The highest BCUT2D eigenvalue weighted by atomic mass is 31.2. The van der Waals surface area contributed by atoms with Crippen molar-refractivity contribution in [3.05, 3.63) is 97.2 Å². The molecule has 0 fully saturated rings. The summed E-state index contributed by atoms with van der Waals surface area (Å²) in [5.74, 6) is -0.851. The average molecular weight is 1040 g/mol. The van der Waals surface area contributed by atoms with Crippen LogP contribution in [0.1, 0.15) is 239 Å². The summed E-state index contributed by atoms with van der Waals surface area (Å²) < 4.78 is 34.1. The van der Waals surface area contributed by atoms with E-state index in [-0.39, 0.29) is 26.1 Å². The Morgan fingerprint density at radius 1 is 0.438 bits per heavy atom. The van der Waals surface area contributed by atoms with Crippen LogP contribution in [0.3, 0.4) is 0 Å². The molecule has 0 aliphatic heterocycles. The Hall–Kier alpha value is -3.07.